The van der Waals surface area contributed by atoms with Crippen LogP contribution >= 0.6 is 15.4 Å². The molecule has 0 aliphatic rings. The van der Waals surface area contributed by atoms with Crippen molar-refractivity contribution < 1.29 is 66.6 Å². The maximum absolute atomic E-state index is 12.4. The average molecular weight is 398 g/mol. The molecule has 142 valence electrons. The highest BCUT2D eigenvalue weighted by Crippen LogP contribution is 2.57. The molecule has 0 amide bonds. The van der Waals surface area contributed by atoms with Crippen molar-refractivity contribution >= 4 is 27.4 Å². The Hall–Kier alpha value is -0.920. The molecule has 0 fully saturated rings. The van der Waals surface area contributed by atoms with Crippen molar-refractivity contribution in [2.45, 2.75) is 12.1 Å². The Bertz CT molecular complexity index is 485. The highest BCUT2D eigenvalue weighted by molar-refractivity contribution is 7.55. The third kappa shape index (κ3) is 7.32. The van der Waals surface area contributed by atoms with Gasteiger partial charge in [0.2, 0.25) is 0 Å². The number of carboxylic acid groups (broad SMARTS) is 1. The molecule has 1 atom stereocenters. The molecule has 0 saturated heterocycles. The van der Waals surface area contributed by atoms with Gasteiger partial charge in [0, 0.05) is 0 Å². The van der Waals surface area contributed by atoms with Crippen molar-refractivity contribution in [3.63, 3.8) is 0 Å². The van der Waals surface area contributed by atoms with E-state index in [0.717, 1.165) is 28.4 Å². The summed E-state index contributed by atoms with van der Waals surface area (Å²) in [6.07, 6.45) is -1.14. The fourth-order valence-corrected chi connectivity index (χ4v) is 3.43. The summed E-state index contributed by atoms with van der Waals surface area (Å²) in [4.78, 5) is 39.4. The predicted octanol–water partition coefficient (Wildman–Crippen LogP) is 0.986. The zero-order valence-electron chi connectivity index (χ0n) is 12.9. The van der Waals surface area contributed by atoms with Crippen LogP contribution in [0.5, 0.6) is 0 Å². The first-order valence-corrected chi connectivity index (χ1v) is 8.79. The van der Waals surface area contributed by atoms with Crippen LogP contribution in [0.4, 0.5) is 0 Å². The summed E-state index contributed by atoms with van der Waals surface area (Å²) in [7, 11) is -5.84. The number of carbonyl (C=O) groups excluding carboxylic acids is 1. The number of hydrogen-bond donors (Lipinski definition) is 1. The second-order valence-corrected chi connectivity index (χ2v) is 6.85. The summed E-state index contributed by atoms with van der Waals surface area (Å²) in [5.41, 5.74) is -2.16. The van der Waals surface area contributed by atoms with Crippen molar-refractivity contribution in [2.24, 2.45) is 0 Å². The Morgan fingerprint density at radius 3 is 1.62 bits per heavy atom. The van der Waals surface area contributed by atoms with Gasteiger partial charge in [-0.25, -0.2) is 24.1 Å². The maximum Gasteiger partial charge on any atom is 0.587 e. The molecule has 16 heteroatoms. The molecule has 0 bridgehead atoms. The van der Waals surface area contributed by atoms with Crippen LogP contribution in [-0.2, 0) is 61.5 Å². The van der Waals surface area contributed by atoms with E-state index < -0.39 is 39.4 Å². The quantitative estimate of drug-likeness (QED) is 0.264. The molecule has 0 saturated carbocycles. The lowest BCUT2D eigenvalue weighted by Gasteiger charge is -2.22. The van der Waals surface area contributed by atoms with Gasteiger partial charge < -0.3 is 9.63 Å². The van der Waals surface area contributed by atoms with Crippen LogP contribution in [0.3, 0.4) is 0 Å². The minimum atomic E-state index is -4.78. The normalized spacial score (nSPS) is 13.5. The number of phosphoric acid groups is 1. The van der Waals surface area contributed by atoms with Gasteiger partial charge in [-0.05, 0) is 0 Å². The molecule has 0 aromatic rings. The molecule has 1 unspecified atom stereocenters. The van der Waals surface area contributed by atoms with Crippen LogP contribution in [0.25, 0.3) is 0 Å². The predicted molar refractivity (Wildman–Crippen MR) is 69.7 cm³/mol. The third-order valence-corrected chi connectivity index (χ3v) is 4.85. The zero-order valence-corrected chi connectivity index (χ0v) is 14.7. The fraction of sp³-hybridized carbons (Fsp3) is 0.750. The monoisotopic (exact) mass is 398 g/mol. The van der Waals surface area contributed by atoms with Gasteiger partial charge in [-0.3, -0.25) is 14.2 Å². The van der Waals surface area contributed by atoms with Gasteiger partial charge >= 0.3 is 27.4 Å². The van der Waals surface area contributed by atoms with Crippen LogP contribution in [-0.4, -0.2) is 51.1 Å². The molecule has 0 rings (SSSR count). The molecule has 0 spiro atoms. The first-order valence-electron chi connectivity index (χ1n) is 5.72. The van der Waals surface area contributed by atoms with Gasteiger partial charge in [0.15, 0.2) is 5.66 Å². The molecule has 14 nitrogen and oxygen atoms in total. The summed E-state index contributed by atoms with van der Waals surface area (Å²) >= 11 is 0. The molecule has 0 aliphatic carbocycles. The molecule has 0 heterocycles. The van der Waals surface area contributed by atoms with Gasteiger partial charge in [0.25, 0.3) is 0 Å². The average Bonchev–Trinajstić information content (AvgIpc) is 2.45. The second-order valence-electron chi connectivity index (χ2n) is 3.48. The minimum absolute atomic E-state index is 0.904. The first kappa shape index (κ1) is 23.1. The van der Waals surface area contributed by atoms with Crippen molar-refractivity contribution in [3.05, 3.63) is 0 Å². The van der Waals surface area contributed by atoms with E-state index >= 15 is 0 Å². The lowest BCUT2D eigenvalue weighted by Crippen LogP contribution is -2.28. The van der Waals surface area contributed by atoms with Crippen LogP contribution < -0.4 is 0 Å². The molecular formula is C8H16O14P2. The number of carbonyl (C=O) groups is 2. The maximum atomic E-state index is 12.4. The van der Waals surface area contributed by atoms with Crippen LogP contribution in [0, 0.1) is 0 Å². The Morgan fingerprint density at radius 1 is 0.875 bits per heavy atom. The first-order chi connectivity index (χ1) is 11.2. The number of carboxylic acids is 1. The number of rotatable bonds is 13. The van der Waals surface area contributed by atoms with Gasteiger partial charge in [-0.15, -0.1) is 18.7 Å². The van der Waals surface area contributed by atoms with Crippen molar-refractivity contribution in [3.8, 4) is 0 Å². The van der Waals surface area contributed by atoms with Crippen LogP contribution in [0.1, 0.15) is 6.42 Å². The standard InChI is InChI=1S/C8H16O14P2/c1-14-19-23(12,20-15-2)6(5-7(9)10)8(11)18-24(13,21-16-3)22-17-4/h6H,5H2,1-4H3,(H,9,10). The second kappa shape index (κ2) is 10.8. The fourth-order valence-electron chi connectivity index (χ4n) is 1.21. The van der Waals surface area contributed by atoms with E-state index in [1.54, 1.807) is 0 Å². The SMILES string of the molecule is COOP(=O)(OOC)OC(=O)C(CC(=O)O)P(=O)(OOC)OOC. The minimum Gasteiger partial charge on any atom is -0.481 e. The van der Waals surface area contributed by atoms with E-state index in [2.05, 4.69) is 42.8 Å². The summed E-state index contributed by atoms with van der Waals surface area (Å²) in [5, 5.41) is 8.84. The number of aliphatic carboxylic acids is 1. The van der Waals surface area contributed by atoms with Gasteiger partial charge in [0.1, 0.15) is 0 Å². The summed E-state index contributed by atoms with van der Waals surface area (Å²) in [6, 6.07) is 0. The van der Waals surface area contributed by atoms with E-state index in [1.165, 1.54) is 0 Å². The topological polar surface area (TPSA) is 172 Å². The Morgan fingerprint density at radius 2 is 1.29 bits per heavy atom. The lowest BCUT2D eigenvalue weighted by atomic mass is 10.3. The smallest absolute Gasteiger partial charge is 0.481 e. The van der Waals surface area contributed by atoms with Crippen molar-refractivity contribution in [1.82, 2.24) is 0 Å². The van der Waals surface area contributed by atoms with E-state index in [0.29, 0.717) is 0 Å². The van der Waals surface area contributed by atoms with Crippen LogP contribution in [0.15, 0.2) is 0 Å². The molecule has 0 aliphatic heterocycles. The van der Waals surface area contributed by atoms with Crippen molar-refractivity contribution in [2.75, 3.05) is 28.4 Å². The molecule has 0 radical (unpaired) electrons. The lowest BCUT2D eigenvalue weighted by molar-refractivity contribution is -0.258. The molecule has 0 aromatic carbocycles. The summed E-state index contributed by atoms with van der Waals surface area (Å²) in [6.45, 7) is 0. The summed E-state index contributed by atoms with van der Waals surface area (Å²) < 4.78 is 45.5. The molecule has 24 heavy (non-hydrogen) atoms. The van der Waals surface area contributed by atoms with E-state index in [1.807, 2.05) is 0 Å². The Balaban J connectivity index is 5.56. The largest absolute Gasteiger partial charge is 0.587 e. The van der Waals surface area contributed by atoms with E-state index in [9.17, 15) is 18.7 Å². The molecule has 0 aromatic heterocycles. The highest BCUT2D eigenvalue weighted by Gasteiger charge is 2.49. The van der Waals surface area contributed by atoms with Gasteiger partial charge in [0.05, 0.1) is 34.9 Å². The van der Waals surface area contributed by atoms with Gasteiger partial charge in [-0.2, -0.15) is 0 Å². The van der Waals surface area contributed by atoms with Crippen LogP contribution in [0.2, 0.25) is 0 Å². The van der Waals surface area contributed by atoms with E-state index in [4.69, 9.17) is 5.11 Å². The summed E-state index contributed by atoms with van der Waals surface area (Å²) in [5.74, 6) is -3.28. The Kier molecular flexibility index (Phi) is 10.4. The molecular weight excluding hydrogens is 382 g/mol. The Labute approximate surface area is 135 Å². The molecule has 1 N–H and O–H groups in total. The number of hydrogen-bond acceptors (Lipinski definition) is 13. The van der Waals surface area contributed by atoms with E-state index in [-0.39, 0.29) is 0 Å². The van der Waals surface area contributed by atoms with Crippen molar-refractivity contribution in [1.29, 1.82) is 0 Å². The third-order valence-electron chi connectivity index (χ3n) is 1.91. The zero-order chi connectivity index (χ0) is 18.8. The van der Waals surface area contributed by atoms with Gasteiger partial charge in [-0.1, -0.05) is 0 Å². The highest BCUT2D eigenvalue weighted by atomic mass is 31.2.